The molecule has 0 bridgehead atoms. The molecular weight excluding hydrogens is 398 g/mol. The molecule has 0 atom stereocenters. The normalized spacial score (nSPS) is 12.8. The van der Waals surface area contributed by atoms with Crippen molar-refractivity contribution in [2.24, 2.45) is 0 Å². The number of hydrogen-bond acceptors (Lipinski definition) is 0. The third-order valence-electron chi connectivity index (χ3n) is 6.45. The molecule has 3 rings (SSSR count). The van der Waals surface area contributed by atoms with E-state index in [1.807, 2.05) is 18.2 Å². The smallest absolute Gasteiger partial charge is 0.126 e. The predicted octanol–water partition coefficient (Wildman–Crippen LogP) is 8.30. The van der Waals surface area contributed by atoms with Crippen LogP contribution in [0.3, 0.4) is 0 Å². The number of halogens is 2. The molecule has 0 unspecified atom stereocenters. The fourth-order valence-electron chi connectivity index (χ4n) is 4.48. The van der Waals surface area contributed by atoms with Crippen LogP contribution in [0, 0.1) is 11.6 Å². The third kappa shape index (κ3) is 5.65. The highest BCUT2D eigenvalue weighted by molar-refractivity contribution is 5.37. The van der Waals surface area contributed by atoms with Gasteiger partial charge in [0.1, 0.15) is 11.6 Å². The van der Waals surface area contributed by atoms with Gasteiger partial charge in [0.25, 0.3) is 0 Å². The van der Waals surface area contributed by atoms with Crippen molar-refractivity contribution in [3.8, 4) is 0 Å². The van der Waals surface area contributed by atoms with Gasteiger partial charge >= 0.3 is 0 Å². The molecule has 0 aliphatic rings. The van der Waals surface area contributed by atoms with E-state index in [4.69, 9.17) is 0 Å². The zero-order chi connectivity index (χ0) is 23.7. The Kier molecular flexibility index (Phi) is 6.65. The maximum atomic E-state index is 15.0. The Labute approximate surface area is 192 Å². The van der Waals surface area contributed by atoms with Crippen molar-refractivity contribution < 1.29 is 8.78 Å². The molecule has 0 radical (unpaired) electrons. The molecule has 0 amide bonds. The van der Waals surface area contributed by atoms with Crippen LogP contribution in [0.15, 0.2) is 66.7 Å². The lowest BCUT2D eigenvalue weighted by Gasteiger charge is -2.29. The van der Waals surface area contributed by atoms with Crippen LogP contribution in [-0.2, 0) is 29.1 Å². The van der Waals surface area contributed by atoms with Crippen LogP contribution in [0.4, 0.5) is 8.78 Å². The van der Waals surface area contributed by atoms with Crippen molar-refractivity contribution in [2.45, 2.75) is 77.6 Å². The van der Waals surface area contributed by atoms with Crippen molar-refractivity contribution in [1.29, 1.82) is 0 Å². The standard InChI is InChI=1S/C30H36F2/c1-28(2,3)23-11-8-10-21(16-23)20-30(6,7)26-17-22(14-15-27(26)32)19-29(4,5)24-12-9-13-25(31)18-24/h8-18H,19-20H2,1-7H3. The molecule has 0 aromatic heterocycles. The molecule has 0 aliphatic heterocycles. The highest BCUT2D eigenvalue weighted by Gasteiger charge is 2.28. The Morgan fingerprint density at radius 1 is 0.594 bits per heavy atom. The van der Waals surface area contributed by atoms with E-state index in [1.165, 1.54) is 17.2 Å². The van der Waals surface area contributed by atoms with Gasteiger partial charge in [-0.05, 0) is 75.1 Å². The van der Waals surface area contributed by atoms with Gasteiger partial charge in [-0.2, -0.15) is 0 Å². The minimum atomic E-state index is -0.362. The average molecular weight is 435 g/mol. The summed E-state index contributed by atoms with van der Waals surface area (Å²) in [6.07, 6.45) is 1.46. The Balaban J connectivity index is 1.89. The lowest BCUT2D eigenvalue weighted by atomic mass is 9.75. The minimum Gasteiger partial charge on any atom is -0.207 e. The van der Waals surface area contributed by atoms with Crippen LogP contribution in [0.2, 0.25) is 0 Å². The van der Waals surface area contributed by atoms with Gasteiger partial charge in [-0.1, -0.05) is 97.0 Å². The molecule has 0 aliphatic carbocycles. The van der Waals surface area contributed by atoms with Gasteiger partial charge in [-0.25, -0.2) is 8.78 Å². The zero-order valence-electron chi connectivity index (χ0n) is 20.5. The van der Waals surface area contributed by atoms with Gasteiger partial charge in [-0.15, -0.1) is 0 Å². The van der Waals surface area contributed by atoms with Gasteiger partial charge in [0.2, 0.25) is 0 Å². The first-order valence-corrected chi connectivity index (χ1v) is 11.4. The maximum Gasteiger partial charge on any atom is 0.126 e. The molecule has 0 N–H and O–H groups in total. The Morgan fingerprint density at radius 3 is 1.84 bits per heavy atom. The first kappa shape index (κ1) is 24.2. The summed E-state index contributed by atoms with van der Waals surface area (Å²) >= 11 is 0. The second kappa shape index (κ2) is 8.81. The molecule has 0 nitrogen and oxygen atoms in total. The first-order chi connectivity index (χ1) is 14.8. The molecule has 3 aromatic carbocycles. The van der Waals surface area contributed by atoms with E-state index in [1.54, 1.807) is 18.2 Å². The molecule has 3 aromatic rings. The zero-order valence-corrected chi connectivity index (χ0v) is 20.5. The molecule has 0 saturated carbocycles. The van der Waals surface area contributed by atoms with E-state index in [9.17, 15) is 8.78 Å². The second-order valence-electron chi connectivity index (χ2n) is 11.4. The van der Waals surface area contributed by atoms with Crippen LogP contribution >= 0.6 is 0 Å². The van der Waals surface area contributed by atoms with Crippen molar-refractivity contribution >= 4 is 0 Å². The van der Waals surface area contributed by atoms with Gasteiger partial charge in [0.15, 0.2) is 0 Å². The SMILES string of the molecule is CC(C)(C)c1cccc(CC(C)(C)c2cc(CC(C)(C)c3cccc(F)c3)ccc2F)c1. The summed E-state index contributed by atoms with van der Waals surface area (Å²) < 4.78 is 28.8. The fourth-order valence-corrected chi connectivity index (χ4v) is 4.48. The van der Waals surface area contributed by atoms with Crippen LogP contribution in [0.1, 0.15) is 76.3 Å². The van der Waals surface area contributed by atoms with E-state index < -0.39 is 0 Å². The van der Waals surface area contributed by atoms with E-state index in [-0.39, 0.29) is 27.9 Å². The van der Waals surface area contributed by atoms with Crippen LogP contribution in [0.5, 0.6) is 0 Å². The van der Waals surface area contributed by atoms with Crippen LogP contribution in [-0.4, -0.2) is 0 Å². The van der Waals surface area contributed by atoms with E-state index in [2.05, 4.69) is 72.7 Å². The minimum absolute atomic E-state index is 0.0772. The lowest BCUT2D eigenvalue weighted by molar-refractivity contribution is 0.475. The molecule has 170 valence electrons. The molecule has 32 heavy (non-hydrogen) atoms. The highest BCUT2D eigenvalue weighted by Crippen LogP contribution is 2.34. The summed E-state index contributed by atoms with van der Waals surface area (Å²) in [7, 11) is 0. The summed E-state index contributed by atoms with van der Waals surface area (Å²) in [4.78, 5) is 0. The summed E-state index contributed by atoms with van der Waals surface area (Å²) in [5, 5.41) is 0. The van der Waals surface area contributed by atoms with Crippen molar-refractivity contribution in [3.63, 3.8) is 0 Å². The average Bonchev–Trinajstić information content (AvgIpc) is 2.68. The Morgan fingerprint density at radius 2 is 1.19 bits per heavy atom. The monoisotopic (exact) mass is 434 g/mol. The van der Waals surface area contributed by atoms with Gasteiger partial charge in [0, 0.05) is 0 Å². The molecule has 0 spiro atoms. The van der Waals surface area contributed by atoms with Gasteiger partial charge in [0.05, 0.1) is 0 Å². The summed E-state index contributed by atoms with van der Waals surface area (Å²) in [5.41, 5.74) is 4.69. The molecule has 0 fully saturated rings. The van der Waals surface area contributed by atoms with Crippen LogP contribution < -0.4 is 0 Å². The number of benzene rings is 3. The molecule has 0 heterocycles. The largest absolute Gasteiger partial charge is 0.207 e. The molecular formula is C30H36F2. The van der Waals surface area contributed by atoms with E-state index >= 15 is 0 Å². The van der Waals surface area contributed by atoms with Crippen molar-refractivity contribution in [2.75, 3.05) is 0 Å². The topological polar surface area (TPSA) is 0 Å². The lowest BCUT2D eigenvalue weighted by Crippen LogP contribution is -2.24. The van der Waals surface area contributed by atoms with Crippen LogP contribution in [0.25, 0.3) is 0 Å². The predicted molar refractivity (Wildman–Crippen MR) is 131 cm³/mol. The number of hydrogen-bond donors (Lipinski definition) is 0. The second-order valence-corrected chi connectivity index (χ2v) is 11.4. The van der Waals surface area contributed by atoms with Gasteiger partial charge < -0.3 is 0 Å². The third-order valence-corrected chi connectivity index (χ3v) is 6.45. The highest BCUT2D eigenvalue weighted by atomic mass is 19.1. The quantitative estimate of drug-likeness (QED) is 0.366. The van der Waals surface area contributed by atoms with Crippen molar-refractivity contribution in [1.82, 2.24) is 0 Å². The first-order valence-electron chi connectivity index (χ1n) is 11.4. The fraction of sp³-hybridized carbons (Fsp3) is 0.400. The summed E-state index contributed by atoms with van der Waals surface area (Å²) in [5.74, 6) is -0.400. The van der Waals surface area contributed by atoms with E-state index in [0.717, 1.165) is 23.1 Å². The summed E-state index contributed by atoms with van der Waals surface area (Å²) in [6.45, 7) is 15.1. The maximum absolute atomic E-state index is 15.0. The Hall–Kier alpha value is -2.48. The van der Waals surface area contributed by atoms with E-state index in [0.29, 0.717) is 6.42 Å². The molecule has 0 saturated heterocycles. The molecule has 2 heteroatoms. The Bertz CT molecular complexity index is 1080. The van der Waals surface area contributed by atoms with Gasteiger partial charge in [-0.3, -0.25) is 0 Å². The summed E-state index contributed by atoms with van der Waals surface area (Å²) in [6, 6.07) is 20.8. The van der Waals surface area contributed by atoms with Crippen molar-refractivity contribution in [3.05, 3.63) is 106 Å². The number of rotatable bonds is 6.